The quantitative estimate of drug-likeness (QED) is 0.179. The van der Waals surface area contributed by atoms with Crippen molar-refractivity contribution in [3.05, 3.63) is 223 Å². The van der Waals surface area contributed by atoms with Gasteiger partial charge in [0.05, 0.1) is 22.3 Å². The van der Waals surface area contributed by atoms with Crippen molar-refractivity contribution in [3.63, 3.8) is 0 Å². The monoisotopic (exact) mass is 763 g/mol. The summed E-state index contributed by atoms with van der Waals surface area (Å²) >= 11 is 0. The minimum Gasteiger partial charge on any atom is -0.293 e. The highest BCUT2D eigenvalue weighted by atomic mass is 15.0. The van der Waals surface area contributed by atoms with Crippen molar-refractivity contribution < 1.29 is 0 Å². The summed E-state index contributed by atoms with van der Waals surface area (Å²) in [5.74, 6) is 0.687. The molecule has 2 aliphatic carbocycles. The highest BCUT2D eigenvalue weighted by Gasteiger charge is 2.53. The Hall–Kier alpha value is -8.02. The zero-order chi connectivity index (χ0) is 39.4. The number of pyridine rings is 2. The number of hydrogen-bond donors (Lipinski definition) is 0. The van der Waals surface area contributed by atoms with Gasteiger partial charge < -0.3 is 0 Å². The van der Waals surface area contributed by atoms with Gasteiger partial charge in [0.25, 0.3) is 0 Å². The Morgan fingerprint density at radius 1 is 0.450 bits per heavy atom. The standard InChI is InChI=1S/C55H33N5/c1-3-15-34(16-4-1)47-32-48(59-53(58-47)35-17-5-2-6-18-35)36-19-13-20-37(31-36)60-52-49(42-24-14-29-57-54(42)60)43-33-56-30-28-40(43)51-50(52)41-23-9-12-27-46(41)55(51)44-25-10-7-21-38(44)39-22-8-11-26-45(39)55/h1-33H. The van der Waals surface area contributed by atoms with Gasteiger partial charge in [-0.3, -0.25) is 9.55 Å². The van der Waals surface area contributed by atoms with E-state index in [1.165, 1.54) is 49.9 Å². The summed E-state index contributed by atoms with van der Waals surface area (Å²) in [6.45, 7) is 0. The first-order valence-corrected chi connectivity index (χ1v) is 20.4. The van der Waals surface area contributed by atoms with E-state index >= 15 is 0 Å². The molecule has 0 radical (unpaired) electrons. The van der Waals surface area contributed by atoms with Gasteiger partial charge in [-0.05, 0) is 80.7 Å². The molecule has 0 atom stereocenters. The van der Waals surface area contributed by atoms with Gasteiger partial charge in [-0.15, -0.1) is 0 Å². The summed E-state index contributed by atoms with van der Waals surface area (Å²) in [6, 6.07) is 65.0. The van der Waals surface area contributed by atoms with Crippen molar-refractivity contribution in [2.45, 2.75) is 5.41 Å². The molecule has 60 heavy (non-hydrogen) atoms. The van der Waals surface area contributed by atoms with Gasteiger partial charge in [0, 0.05) is 62.7 Å². The zero-order valence-electron chi connectivity index (χ0n) is 32.3. The Morgan fingerprint density at radius 2 is 1.07 bits per heavy atom. The van der Waals surface area contributed by atoms with Gasteiger partial charge in [-0.2, -0.15) is 0 Å². The molecule has 7 aromatic carbocycles. The summed E-state index contributed by atoms with van der Waals surface area (Å²) in [4.78, 5) is 20.3. The number of fused-ring (bicyclic) bond motifs is 17. The predicted molar refractivity (Wildman–Crippen MR) is 242 cm³/mol. The molecule has 11 aromatic rings. The molecule has 0 bridgehead atoms. The molecular weight excluding hydrogens is 731 g/mol. The maximum Gasteiger partial charge on any atom is 0.160 e. The van der Waals surface area contributed by atoms with Crippen LogP contribution in [0, 0.1) is 0 Å². The Bertz CT molecular complexity index is 3450. The molecule has 0 aliphatic heterocycles. The molecule has 0 saturated carbocycles. The van der Waals surface area contributed by atoms with Crippen LogP contribution in [0.15, 0.2) is 201 Å². The molecule has 4 heterocycles. The lowest BCUT2D eigenvalue weighted by molar-refractivity contribution is 0.801. The van der Waals surface area contributed by atoms with Crippen LogP contribution in [0.4, 0.5) is 0 Å². The van der Waals surface area contributed by atoms with Gasteiger partial charge >= 0.3 is 0 Å². The smallest absolute Gasteiger partial charge is 0.160 e. The normalized spacial score (nSPS) is 13.1. The summed E-state index contributed by atoms with van der Waals surface area (Å²) in [6.07, 6.45) is 5.92. The van der Waals surface area contributed by atoms with Crippen molar-refractivity contribution in [2.24, 2.45) is 0 Å². The highest BCUT2D eigenvalue weighted by Crippen LogP contribution is 2.65. The van der Waals surface area contributed by atoms with E-state index < -0.39 is 5.41 Å². The maximum absolute atomic E-state index is 5.22. The Kier molecular flexibility index (Phi) is 6.87. The number of nitrogens with zero attached hydrogens (tertiary/aromatic N) is 5. The highest BCUT2D eigenvalue weighted by molar-refractivity contribution is 6.27. The van der Waals surface area contributed by atoms with Crippen LogP contribution >= 0.6 is 0 Å². The molecule has 5 heteroatoms. The fourth-order valence-corrected chi connectivity index (χ4v) is 10.4. The van der Waals surface area contributed by atoms with E-state index in [9.17, 15) is 0 Å². The molecule has 0 amide bonds. The molecule has 278 valence electrons. The van der Waals surface area contributed by atoms with Crippen LogP contribution in [0.1, 0.15) is 22.3 Å². The van der Waals surface area contributed by atoms with Crippen LogP contribution in [-0.4, -0.2) is 24.5 Å². The number of benzene rings is 7. The third kappa shape index (κ3) is 4.41. The summed E-state index contributed by atoms with van der Waals surface area (Å²) in [5, 5.41) is 4.55. The van der Waals surface area contributed by atoms with Crippen LogP contribution in [0.5, 0.6) is 0 Å². The molecule has 4 aromatic heterocycles. The molecule has 5 nitrogen and oxygen atoms in total. The van der Waals surface area contributed by atoms with Crippen molar-refractivity contribution in [3.8, 4) is 61.8 Å². The number of hydrogen-bond acceptors (Lipinski definition) is 4. The summed E-state index contributed by atoms with van der Waals surface area (Å²) < 4.78 is 2.39. The zero-order valence-corrected chi connectivity index (χ0v) is 32.3. The molecule has 0 saturated heterocycles. The summed E-state index contributed by atoms with van der Waals surface area (Å²) in [5.41, 5.74) is 17.4. The minimum absolute atomic E-state index is 0.536. The minimum atomic E-state index is -0.536. The first-order chi connectivity index (χ1) is 29.8. The van der Waals surface area contributed by atoms with E-state index in [0.29, 0.717) is 5.82 Å². The van der Waals surface area contributed by atoms with Gasteiger partial charge in [-0.1, -0.05) is 146 Å². The second kappa shape index (κ2) is 12.5. The molecule has 1 spiro atoms. The average molecular weight is 764 g/mol. The maximum atomic E-state index is 5.22. The van der Waals surface area contributed by atoms with Gasteiger partial charge in [-0.25, -0.2) is 15.0 Å². The van der Waals surface area contributed by atoms with Gasteiger partial charge in [0.1, 0.15) is 5.65 Å². The van der Waals surface area contributed by atoms with Gasteiger partial charge in [0.15, 0.2) is 5.82 Å². The Labute approximate surface area is 346 Å². The molecule has 2 aliphatic rings. The van der Waals surface area contributed by atoms with Gasteiger partial charge in [0.2, 0.25) is 0 Å². The van der Waals surface area contributed by atoms with E-state index in [1.807, 2.05) is 42.7 Å². The fraction of sp³-hybridized carbons (Fsp3) is 0.0182. The fourth-order valence-electron chi connectivity index (χ4n) is 10.4. The molecule has 0 N–H and O–H groups in total. The second-order valence-electron chi connectivity index (χ2n) is 15.7. The molecule has 0 unspecified atom stereocenters. The molecule has 13 rings (SSSR count). The SMILES string of the molecule is c1ccc(-c2cc(-c3cccc(-n4c5ncccc5c5c6cnccc6c6c(c54)-c4ccccc4C64c5ccccc5-c5ccccc54)c3)nc(-c3ccccc3)n2)cc1. The van der Waals surface area contributed by atoms with Crippen LogP contribution in [0.2, 0.25) is 0 Å². The third-order valence-electron chi connectivity index (χ3n) is 12.7. The van der Waals surface area contributed by atoms with E-state index in [2.05, 4.69) is 162 Å². The van der Waals surface area contributed by atoms with Crippen LogP contribution in [0.3, 0.4) is 0 Å². The number of rotatable bonds is 4. The first kappa shape index (κ1) is 33.0. The Morgan fingerprint density at radius 3 is 1.80 bits per heavy atom. The topological polar surface area (TPSA) is 56.5 Å². The molecular formula is C55H33N5. The van der Waals surface area contributed by atoms with Crippen LogP contribution in [0.25, 0.3) is 94.6 Å². The van der Waals surface area contributed by atoms with Crippen molar-refractivity contribution >= 4 is 32.7 Å². The lowest BCUT2D eigenvalue weighted by atomic mass is 9.69. The van der Waals surface area contributed by atoms with Crippen molar-refractivity contribution in [2.75, 3.05) is 0 Å². The third-order valence-corrected chi connectivity index (χ3v) is 12.7. The Balaban J connectivity index is 1.15. The van der Waals surface area contributed by atoms with E-state index in [0.717, 1.165) is 61.1 Å². The predicted octanol–water partition coefficient (Wildman–Crippen LogP) is 12.9. The van der Waals surface area contributed by atoms with Crippen LogP contribution in [-0.2, 0) is 5.41 Å². The largest absolute Gasteiger partial charge is 0.293 e. The lowest BCUT2D eigenvalue weighted by Crippen LogP contribution is -2.26. The van der Waals surface area contributed by atoms with Crippen molar-refractivity contribution in [1.29, 1.82) is 0 Å². The average Bonchev–Trinajstić information content (AvgIpc) is 3.95. The van der Waals surface area contributed by atoms with Crippen LogP contribution < -0.4 is 0 Å². The number of aromatic nitrogens is 5. The first-order valence-electron chi connectivity index (χ1n) is 20.4. The summed E-state index contributed by atoms with van der Waals surface area (Å²) in [7, 11) is 0. The van der Waals surface area contributed by atoms with E-state index in [1.54, 1.807) is 0 Å². The lowest BCUT2D eigenvalue weighted by Gasteiger charge is -2.31. The molecule has 0 fully saturated rings. The van der Waals surface area contributed by atoms with Crippen molar-refractivity contribution in [1.82, 2.24) is 24.5 Å². The second-order valence-corrected chi connectivity index (χ2v) is 15.7. The van der Waals surface area contributed by atoms with E-state index in [-0.39, 0.29) is 0 Å². The van der Waals surface area contributed by atoms with E-state index in [4.69, 9.17) is 19.9 Å².